The Morgan fingerprint density at radius 1 is 0.935 bits per heavy atom. The zero-order chi connectivity index (χ0) is 21.7. The lowest BCUT2D eigenvalue weighted by molar-refractivity contribution is -0.155. The topological polar surface area (TPSA) is 122 Å². The van der Waals surface area contributed by atoms with Gasteiger partial charge in [-0.2, -0.15) is 0 Å². The highest BCUT2D eigenvalue weighted by Crippen LogP contribution is 2.10. The summed E-state index contributed by atoms with van der Waals surface area (Å²) in [5.41, 5.74) is 4.80. The van der Waals surface area contributed by atoms with E-state index in [-0.39, 0.29) is 25.8 Å². The summed E-state index contributed by atoms with van der Waals surface area (Å²) in [6.45, 7) is 6.95. The van der Waals surface area contributed by atoms with Gasteiger partial charge in [0.2, 0.25) is 11.8 Å². The van der Waals surface area contributed by atoms with Crippen LogP contribution in [0.2, 0.25) is 0 Å². The predicted molar refractivity (Wildman–Crippen MR) is 139 cm³/mol. The fourth-order valence-corrected chi connectivity index (χ4v) is 2.29. The smallest absolute Gasteiger partial charge is 0.306 e. The van der Waals surface area contributed by atoms with Gasteiger partial charge in [-0.05, 0) is 84.5 Å². The molecule has 0 aliphatic carbocycles. The molecule has 0 aromatic carbocycles. The lowest BCUT2D eigenvalue weighted by atomic mass is 10.2. The van der Waals surface area contributed by atoms with Crippen LogP contribution in [0, 0.1) is 7.40 Å². The molecule has 0 spiro atoms. The zero-order valence-electron chi connectivity index (χ0n) is 17.0. The number of rotatable bonds is 8. The summed E-state index contributed by atoms with van der Waals surface area (Å²) in [6.07, 6.45) is 0.942. The maximum Gasteiger partial charge on any atom is 0.306 e. The second kappa shape index (κ2) is 17.5. The Hall–Kier alpha value is -1.06. The molecule has 176 valence electrons. The Balaban J connectivity index is 0. The summed E-state index contributed by atoms with van der Waals surface area (Å²) in [5.74, 6) is 0.787. The molecular weight excluding hydrogens is 652 g/mol. The molecule has 0 atom stereocenters. The van der Waals surface area contributed by atoms with E-state index in [2.05, 4.69) is 65.6 Å². The van der Waals surface area contributed by atoms with Crippen molar-refractivity contribution in [2.24, 2.45) is 5.73 Å². The number of halogens is 3. The molecule has 2 N–H and O–H groups in total. The molecule has 2 rings (SSSR count). The molecule has 0 fully saturated rings. The van der Waals surface area contributed by atoms with Gasteiger partial charge in [0.05, 0.1) is 6.61 Å². The van der Waals surface area contributed by atoms with Crippen molar-refractivity contribution in [3.8, 4) is 11.8 Å². The van der Waals surface area contributed by atoms with E-state index in [1.807, 2.05) is 32.9 Å². The number of hydrogen-bond acceptors (Lipinski definition) is 9. The van der Waals surface area contributed by atoms with Crippen LogP contribution in [0.5, 0.6) is 11.8 Å². The molecule has 0 unspecified atom stereocenters. The minimum absolute atomic E-state index is 0. The van der Waals surface area contributed by atoms with Crippen LogP contribution in [0.1, 0.15) is 41.0 Å². The Bertz CT molecular complexity index is 732. The van der Waals surface area contributed by atoms with E-state index in [9.17, 15) is 4.79 Å². The SMILES string of the molecule is C.CC(C)(C)OC(=O)CCCOc1ccc(I)nn1.Cl.NCCOc1ccc(I)nn1. The number of ether oxygens (including phenoxy) is 3. The van der Waals surface area contributed by atoms with Crippen LogP contribution in [0.3, 0.4) is 0 Å². The van der Waals surface area contributed by atoms with Crippen LogP contribution in [0.15, 0.2) is 24.3 Å². The second-order valence-electron chi connectivity index (χ2n) is 6.56. The molecule has 12 heteroatoms. The van der Waals surface area contributed by atoms with Crippen LogP contribution in [-0.4, -0.2) is 51.7 Å². The van der Waals surface area contributed by atoms with Crippen molar-refractivity contribution in [1.29, 1.82) is 0 Å². The fourth-order valence-electron chi connectivity index (χ4n) is 1.71. The summed E-state index contributed by atoms with van der Waals surface area (Å²) in [4.78, 5) is 11.4. The van der Waals surface area contributed by atoms with Gasteiger partial charge in [-0.25, -0.2) is 0 Å². The molecule has 0 aliphatic heterocycles. The fraction of sp³-hybridized carbons (Fsp3) is 0.526. The van der Waals surface area contributed by atoms with Gasteiger partial charge in [-0.15, -0.1) is 32.8 Å². The Morgan fingerprint density at radius 2 is 1.42 bits per heavy atom. The summed E-state index contributed by atoms with van der Waals surface area (Å²) < 4.78 is 17.3. The monoisotopic (exact) mass is 681 g/mol. The van der Waals surface area contributed by atoms with Gasteiger partial charge in [0, 0.05) is 25.1 Å². The van der Waals surface area contributed by atoms with Crippen molar-refractivity contribution in [3.63, 3.8) is 0 Å². The highest BCUT2D eigenvalue weighted by atomic mass is 127. The summed E-state index contributed by atoms with van der Waals surface area (Å²) in [5, 5.41) is 15.3. The molecule has 31 heavy (non-hydrogen) atoms. The lowest BCUT2D eigenvalue weighted by Gasteiger charge is -2.19. The van der Waals surface area contributed by atoms with Crippen LogP contribution >= 0.6 is 57.6 Å². The summed E-state index contributed by atoms with van der Waals surface area (Å²) >= 11 is 4.15. The standard InChI is InChI=1S/C12H17IN2O3.C6H8IN3O.CH4.ClH/c1-12(2,3)18-11(16)5-4-8-17-10-7-6-9(13)14-15-10;7-5-1-2-6(10-9-5)11-4-3-8;;/h6-7H,4-5,8H2,1-3H3;1-2H,3-4,8H2;1H4;1H. The Kier molecular flexibility index (Phi) is 18.1. The van der Waals surface area contributed by atoms with E-state index in [1.165, 1.54) is 0 Å². The summed E-state index contributed by atoms with van der Waals surface area (Å²) in [7, 11) is 0. The van der Waals surface area contributed by atoms with Crippen molar-refractivity contribution >= 4 is 63.6 Å². The molecule has 0 saturated heterocycles. The Labute approximate surface area is 217 Å². The number of esters is 1. The average molecular weight is 682 g/mol. The molecule has 0 aliphatic rings. The molecule has 0 radical (unpaired) electrons. The number of aromatic nitrogens is 4. The number of hydrogen-bond donors (Lipinski definition) is 1. The number of nitrogens with two attached hydrogens (primary N) is 1. The first-order valence-corrected chi connectivity index (χ1v) is 11.0. The van der Waals surface area contributed by atoms with E-state index >= 15 is 0 Å². The quantitative estimate of drug-likeness (QED) is 0.250. The van der Waals surface area contributed by atoms with Crippen molar-refractivity contribution < 1.29 is 19.0 Å². The maximum absolute atomic E-state index is 11.4. The van der Waals surface area contributed by atoms with Crippen LogP contribution < -0.4 is 15.2 Å². The van der Waals surface area contributed by atoms with Gasteiger partial charge in [-0.3, -0.25) is 4.79 Å². The van der Waals surface area contributed by atoms with Gasteiger partial charge in [0.1, 0.15) is 19.6 Å². The highest BCUT2D eigenvalue weighted by Gasteiger charge is 2.15. The molecule has 9 nitrogen and oxygen atoms in total. The first-order valence-electron chi connectivity index (χ1n) is 8.85. The van der Waals surface area contributed by atoms with Crippen molar-refractivity contribution in [3.05, 3.63) is 31.7 Å². The van der Waals surface area contributed by atoms with E-state index in [1.54, 1.807) is 12.1 Å². The third-order valence-corrected chi connectivity index (χ3v) is 3.93. The molecule has 2 aromatic heterocycles. The van der Waals surface area contributed by atoms with Crippen molar-refractivity contribution in [2.45, 2.75) is 46.6 Å². The van der Waals surface area contributed by atoms with Crippen LogP contribution in [0.25, 0.3) is 0 Å². The largest absolute Gasteiger partial charge is 0.477 e. The molecule has 0 bridgehead atoms. The molecular formula is C19H30ClI2N5O4. The molecule has 2 heterocycles. The normalized spacial score (nSPS) is 9.87. The van der Waals surface area contributed by atoms with Crippen molar-refractivity contribution in [1.82, 2.24) is 20.4 Å². The van der Waals surface area contributed by atoms with E-state index in [0.29, 0.717) is 44.4 Å². The van der Waals surface area contributed by atoms with Crippen LogP contribution in [-0.2, 0) is 9.53 Å². The van der Waals surface area contributed by atoms with Crippen molar-refractivity contribution in [2.75, 3.05) is 19.8 Å². The van der Waals surface area contributed by atoms with Gasteiger partial charge >= 0.3 is 5.97 Å². The summed E-state index contributed by atoms with van der Waals surface area (Å²) in [6, 6.07) is 7.17. The first kappa shape index (κ1) is 32.1. The molecule has 0 saturated carbocycles. The van der Waals surface area contributed by atoms with Crippen LogP contribution in [0.4, 0.5) is 0 Å². The zero-order valence-corrected chi connectivity index (χ0v) is 22.1. The number of carbonyl (C=O) groups is 1. The lowest BCUT2D eigenvalue weighted by Crippen LogP contribution is -2.24. The van der Waals surface area contributed by atoms with E-state index < -0.39 is 5.60 Å². The number of nitrogens with zero attached hydrogens (tertiary/aromatic N) is 4. The van der Waals surface area contributed by atoms with Gasteiger partial charge < -0.3 is 19.9 Å². The Morgan fingerprint density at radius 3 is 1.81 bits per heavy atom. The third kappa shape index (κ3) is 17.2. The first-order chi connectivity index (χ1) is 13.7. The average Bonchev–Trinajstić information content (AvgIpc) is 2.65. The van der Waals surface area contributed by atoms with E-state index in [0.717, 1.165) is 7.40 Å². The molecule has 2 aromatic rings. The van der Waals surface area contributed by atoms with Gasteiger partial charge in [0.25, 0.3) is 0 Å². The maximum atomic E-state index is 11.4. The van der Waals surface area contributed by atoms with Gasteiger partial charge in [0.15, 0.2) is 0 Å². The third-order valence-electron chi connectivity index (χ3n) is 2.78. The minimum Gasteiger partial charge on any atom is -0.477 e. The molecule has 0 amide bonds. The van der Waals surface area contributed by atoms with E-state index in [4.69, 9.17) is 19.9 Å². The second-order valence-corrected chi connectivity index (χ2v) is 8.77. The number of carbonyl (C=O) groups excluding carboxylic acids is 1. The highest BCUT2D eigenvalue weighted by molar-refractivity contribution is 14.1. The predicted octanol–water partition coefficient (Wildman–Crippen LogP) is 4.06. The minimum atomic E-state index is -0.431. The van der Waals surface area contributed by atoms with Gasteiger partial charge in [-0.1, -0.05) is 7.43 Å².